The van der Waals surface area contributed by atoms with Gasteiger partial charge in [-0.2, -0.15) is 0 Å². The number of rotatable bonds is 3. The molecule has 122 valence electrons. The van der Waals surface area contributed by atoms with Gasteiger partial charge in [0.05, 0.1) is 27.5 Å². The molecule has 1 aromatic carbocycles. The van der Waals surface area contributed by atoms with Gasteiger partial charge >= 0.3 is 5.97 Å². The van der Waals surface area contributed by atoms with Crippen LogP contribution >= 0.6 is 11.6 Å². The van der Waals surface area contributed by atoms with Gasteiger partial charge in [0.1, 0.15) is 17.5 Å². The minimum absolute atomic E-state index is 0.0484. The van der Waals surface area contributed by atoms with Crippen LogP contribution in [0.2, 0.25) is 5.02 Å². The number of halogens is 6. The topological polar surface area (TPSA) is 76.2 Å². The van der Waals surface area contributed by atoms with E-state index >= 15 is 0 Å². The van der Waals surface area contributed by atoms with Crippen molar-refractivity contribution in [2.75, 3.05) is 5.73 Å². The van der Waals surface area contributed by atoms with Crippen molar-refractivity contribution in [2.45, 2.75) is 6.43 Å². The van der Waals surface area contributed by atoms with E-state index in [2.05, 4.69) is 4.98 Å². The number of nitrogens with two attached hydrogens (primary N) is 1. The lowest BCUT2D eigenvalue weighted by molar-refractivity contribution is 0.0690. The quantitative estimate of drug-likeness (QED) is 0.817. The van der Waals surface area contributed by atoms with Gasteiger partial charge in [0.2, 0.25) is 0 Å². The first kappa shape index (κ1) is 16.9. The largest absolute Gasteiger partial charge is 0.476 e. The Labute approximate surface area is 130 Å². The highest BCUT2D eigenvalue weighted by Gasteiger charge is 2.27. The Bertz CT molecular complexity index is 814. The van der Waals surface area contributed by atoms with Gasteiger partial charge in [-0.25, -0.2) is 31.7 Å². The summed E-state index contributed by atoms with van der Waals surface area (Å²) in [5, 5.41) is 8.43. The van der Waals surface area contributed by atoms with E-state index in [4.69, 9.17) is 22.4 Å². The highest BCUT2D eigenvalue weighted by Crippen LogP contribution is 2.36. The Morgan fingerprint density at radius 3 is 2.35 bits per heavy atom. The van der Waals surface area contributed by atoms with E-state index in [1.54, 1.807) is 0 Å². The van der Waals surface area contributed by atoms with Crippen molar-refractivity contribution < 1.29 is 31.9 Å². The van der Waals surface area contributed by atoms with Crippen molar-refractivity contribution in [3.63, 3.8) is 0 Å². The number of hydrogen-bond donors (Lipinski definition) is 2. The second-order valence-corrected chi connectivity index (χ2v) is 4.69. The highest BCUT2D eigenvalue weighted by atomic mass is 35.5. The Morgan fingerprint density at radius 2 is 1.83 bits per heavy atom. The first-order valence-corrected chi connectivity index (χ1v) is 6.18. The summed E-state index contributed by atoms with van der Waals surface area (Å²) in [6.45, 7) is 0. The Kier molecular flexibility index (Phi) is 4.42. The Balaban J connectivity index is 2.82. The van der Waals surface area contributed by atoms with Gasteiger partial charge in [-0.05, 0) is 6.07 Å². The van der Waals surface area contributed by atoms with Crippen molar-refractivity contribution in [1.82, 2.24) is 4.98 Å². The molecule has 3 N–H and O–H groups in total. The van der Waals surface area contributed by atoms with Crippen LogP contribution in [0.4, 0.5) is 27.6 Å². The van der Waals surface area contributed by atoms with E-state index in [-0.39, 0.29) is 6.07 Å². The van der Waals surface area contributed by atoms with Gasteiger partial charge in [-0.1, -0.05) is 11.6 Å². The number of carbonyl (C=O) groups is 1. The number of carboxylic acids is 1. The second kappa shape index (κ2) is 5.99. The van der Waals surface area contributed by atoms with Crippen LogP contribution in [0.15, 0.2) is 12.1 Å². The summed E-state index contributed by atoms with van der Waals surface area (Å²) in [6, 6.07) is 0.843. The summed E-state index contributed by atoms with van der Waals surface area (Å²) < 4.78 is 66.6. The molecule has 4 nitrogen and oxygen atoms in total. The van der Waals surface area contributed by atoms with Crippen LogP contribution in [0.5, 0.6) is 0 Å². The van der Waals surface area contributed by atoms with Crippen molar-refractivity contribution in [2.24, 2.45) is 0 Å². The normalized spacial score (nSPS) is 11.1. The number of benzene rings is 1. The average Bonchev–Trinajstić information content (AvgIpc) is 2.40. The zero-order valence-corrected chi connectivity index (χ0v) is 11.6. The smallest absolute Gasteiger partial charge is 0.356 e. The van der Waals surface area contributed by atoms with E-state index in [9.17, 15) is 26.7 Å². The highest BCUT2D eigenvalue weighted by molar-refractivity contribution is 6.35. The molecule has 0 bridgehead atoms. The summed E-state index contributed by atoms with van der Waals surface area (Å²) in [5.74, 6) is -6.88. The van der Waals surface area contributed by atoms with E-state index in [1.807, 2.05) is 0 Å². The minimum Gasteiger partial charge on any atom is -0.476 e. The fourth-order valence-electron chi connectivity index (χ4n) is 1.86. The molecule has 1 heterocycles. The zero-order valence-electron chi connectivity index (χ0n) is 10.9. The summed E-state index contributed by atoms with van der Waals surface area (Å²) in [6.07, 6.45) is -3.56. The second-order valence-electron chi connectivity index (χ2n) is 4.31. The van der Waals surface area contributed by atoms with E-state index in [0.29, 0.717) is 0 Å². The lowest BCUT2D eigenvalue weighted by atomic mass is 10.0. The van der Waals surface area contributed by atoms with Gasteiger partial charge in [0.25, 0.3) is 6.43 Å². The third kappa shape index (κ3) is 2.91. The maximum Gasteiger partial charge on any atom is 0.356 e. The lowest BCUT2D eigenvalue weighted by Crippen LogP contribution is -2.08. The molecular formula is C13H6ClF5N2O2. The maximum atomic E-state index is 14.1. The SMILES string of the molecule is Nc1cc(-c2c(F)cc(F)c(C(F)F)c2F)nc(C(=O)O)c1Cl. The number of alkyl halides is 2. The predicted molar refractivity (Wildman–Crippen MR) is 70.9 cm³/mol. The van der Waals surface area contributed by atoms with Crippen LogP contribution in [0, 0.1) is 17.5 Å². The van der Waals surface area contributed by atoms with Crippen LogP contribution in [0.25, 0.3) is 11.3 Å². The molecular weight excluding hydrogens is 347 g/mol. The van der Waals surface area contributed by atoms with Crippen molar-refractivity contribution >= 4 is 23.3 Å². The molecule has 0 spiro atoms. The third-order valence-corrected chi connectivity index (χ3v) is 3.27. The van der Waals surface area contributed by atoms with Crippen molar-refractivity contribution in [3.8, 4) is 11.3 Å². The van der Waals surface area contributed by atoms with Gasteiger partial charge in [-0.15, -0.1) is 0 Å². The molecule has 0 radical (unpaired) electrons. The van der Waals surface area contributed by atoms with Gasteiger partial charge in [0.15, 0.2) is 5.69 Å². The van der Waals surface area contributed by atoms with Crippen LogP contribution in [-0.2, 0) is 0 Å². The molecule has 0 aliphatic carbocycles. The number of hydrogen-bond acceptors (Lipinski definition) is 3. The number of aromatic carboxylic acids is 1. The Hall–Kier alpha value is -2.42. The number of pyridine rings is 1. The molecule has 0 unspecified atom stereocenters. The van der Waals surface area contributed by atoms with Crippen LogP contribution in [0.1, 0.15) is 22.5 Å². The van der Waals surface area contributed by atoms with Crippen LogP contribution in [0.3, 0.4) is 0 Å². The predicted octanol–water partition coefficient (Wildman–Crippen LogP) is 4.04. The molecule has 0 amide bonds. The molecule has 0 saturated heterocycles. The molecule has 2 aromatic rings. The first-order chi connectivity index (χ1) is 10.6. The number of anilines is 1. The standard InChI is InChI=1S/C13H6ClF5N2O2/c14-9-5(20)2-6(21-11(9)13(22)23)7-3(15)1-4(16)8(10(7)17)12(18)19/h1-2,12H,(H2,20,21)(H,22,23). The van der Waals surface area contributed by atoms with Crippen LogP contribution in [-0.4, -0.2) is 16.1 Å². The molecule has 0 saturated carbocycles. The summed E-state index contributed by atoms with van der Waals surface area (Å²) in [5.41, 5.74) is 0.701. The molecule has 10 heteroatoms. The molecule has 0 aliphatic heterocycles. The maximum absolute atomic E-state index is 14.1. The average molecular weight is 353 g/mol. The fraction of sp³-hybridized carbons (Fsp3) is 0.0769. The number of carboxylic acid groups (broad SMARTS) is 1. The molecule has 0 fully saturated rings. The third-order valence-electron chi connectivity index (χ3n) is 2.87. The molecule has 0 atom stereocenters. The molecule has 1 aromatic heterocycles. The fourth-order valence-corrected chi connectivity index (χ4v) is 2.04. The van der Waals surface area contributed by atoms with Gasteiger partial charge < -0.3 is 10.8 Å². The number of nitrogen functional groups attached to an aromatic ring is 1. The summed E-state index contributed by atoms with van der Waals surface area (Å²) in [4.78, 5) is 14.4. The number of nitrogens with zero attached hydrogens (tertiary/aromatic N) is 1. The van der Waals surface area contributed by atoms with Crippen molar-refractivity contribution in [3.05, 3.63) is 45.9 Å². The van der Waals surface area contributed by atoms with E-state index in [1.165, 1.54) is 0 Å². The first-order valence-electron chi connectivity index (χ1n) is 5.80. The molecule has 2 rings (SSSR count). The zero-order chi connectivity index (χ0) is 17.5. The summed E-state index contributed by atoms with van der Waals surface area (Å²) in [7, 11) is 0. The lowest BCUT2D eigenvalue weighted by Gasteiger charge is -2.12. The van der Waals surface area contributed by atoms with E-state index < -0.39 is 63.1 Å². The summed E-state index contributed by atoms with van der Waals surface area (Å²) >= 11 is 5.60. The van der Waals surface area contributed by atoms with E-state index in [0.717, 1.165) is 6.07 Å². The molecule has 0 aliphatic rings. The van der Waals surface area contributed by atoms with Crippen LogP contribution < -0.4 is 5.73 Å². The Morgan fingerprint density at radius 1 is 1.22 bits per heavy atom. The monoisotopic (exact) mass is 352 g/mol. The van der Waals surface area contributed by atoms with Gasteiger partial charge in [0, 0.05) is 6.07 Å². The minimum atomic E-state index is -3.56. The van der Waals surface area contributed by atoms with Gasteiger partial charge in [-0.3, -0.25) is 0 Å². The molecule has 23 heavy (non-hydrogen) atoms. The van der Waals surface area contributed by atoms with Crippen molar-refractivity contribution in [1.29, 1.82) is 0 Å². The number of aromatic nitrogens is 1.